The van der Waals surface area contributed by atoms with Crippen LogP contribution in [0, 0.1) is 5.82 Å². The lowest BCUT2D eigenvalue weighted by Crippen LogP contribution is -2.29. The molecule has 33 heavy (non-hydrogen) atoms. The third-order valence-electron chi connectivity index (χ3n) is 5.31. The van der Waals surface area contributed by atoms with Crippen LogP contribution in [0.15, 0.2) is 72.6 Å². The molecule has 3 aromatic rings. The number of ether oxygens (including phenoxy) is 1. The number of halogens is 2. The molecule has 1 aliphatic heterocycles. The van der Waals surface area contributed by atoms with Gasteiger partial charge in [0.2, 0.25) is 0 Å². The first kappa shape index (κ1) is 22.5. The zero-order valence-electron chi connectivity index (χ0n) is 17.7. The number of likely N-dealkylation sites (tertiary alicyclic amines) is 1. The summed E-state index contributed by atoms with van der Waals surface area (Å²) in [5, 5.41) is 11.4. The van der Waals surface area contributed by atoms with Gasteiger partial charge in [0.15, 0.2) is 0 Å². The zero-order valence-corrected chi connectivity index (χ0v) is 18.4. The van der Waals surface area contributed by atoms with Crippen molar-refractivity contribution in [3.8, 4) is 5.75 Å². The summed E-state index contributed by atoms with van der Waals surface area (Å²) in [6, 6.07) is 12.7. The maximum absolute atomic E-state index is 13.6. The number of rotatable bonds is 6. The number of aromatic nitrogens is 1. The van der Waals surface area contributed by atoms with Crippen LogP contribution in [0.1, 0.15) is 29.7 Å². The van der Waals surface area contributed by atoms with Crippen LogP contribution in [-0.2, 0) is 16.1 Å². The Morgan fingerprint density at radius 3 is 2.58 bits per heavy atom. The molecule has 168 valence electrons. The van der Waals surface area contributed by atoms with Gasteiger partial charge in [-0.3, -0.25) is 14.6 Å². The summed E-state index contributed by atoms with van der Waals surface area (Å²) in [4.78, 5) is 31.5. The minimum Gasteiger partial charge on any atom is -0.507 e. The second-order valence-corrected chi connectivity index (χ2v) is 7.83. The summed E-state index contributed by atoms with van der Waals surface area (Å²) >= 11 is 6.26. The van der Waals surface area contributed by atoms with E-state index in [0.29, 0.717) is 23.5 Å². The molecule has 1 unspecified atom stereocenters. The molecule has 8 heteroatoms. The van der Waals surface area contributed by atoms with Crippen molar-refractivity contribution in [1.29, 1.82) is 0 Å². The van der Waals surface area contributed by atoms with E-state index in [9.17, 15) is 19.1 Å². The molecule has 1 aliphatic rings. The van der Waals surface area contributed by atoms with Gasteiger partial charge in [-0.15, -0.1) is 0 Å². The van der Waals surface area contributed by atoms with Crippen molar-refractivity contribution in [2.75, 3.05) is 6.61 Å². The molecule has 4 rings (SSSR count). The third kappa shape index (κ3) is 4.45. The van der Waals surface area contributed by atoms with E-state index in [1.54, 1.807) is 36.7 Å². The molecule has 0 radical (unpaired) electrons. The molecule has 1 amide bonds. The van der Waals surface area contributed by atoms with Gasteiger partial charge in [-0.25, -0.2) is 4.39 Å². The average molecular weight is 467 g/mol. The van der Waals surface area contributed by atoms with E-state index in [2.05, 4.69) is 4.98 Å². The molecule has 6 nitrogen and oxygen atoms in total. The predicted molar refractivity (Wildman–Crippen MR) is 121 cm³/mol. The summed E-state index contributed by atoms with van der Waals surface area (Å²) in [7, 11) is 0. The number of benzene rings is 2. The standard InChI is InChI=1S/C25H20ClFN2O4/c1-2-33-20-10-7-17(12-19(20)26)23(30)21-22(16-5-8-18(27)9-6-16)29(25(32)24(21)31)14-15-4-3-11-28-13-15/h3-13,22,30H,2,14H2,1H3/b23-21-. The maximum atomic E-state index is 13.6. The van der Waals surface area contributed by atoms with Crippen LogP contribution in [0.4, 0.5) is 4.39 Å². The van der Waals surface area contributed by atoms with Gasteiger partial charge >= 0.3 is 0 Å². The average Bonchev–Trinajstić information content (AvgIpc) is 3.06. The van der Waals surface area contributed by atoms with Crippen molar-refractivity contribution in [1.82, 2.24) is 9.88 Å². The van der Waals surface area contributed by atoms with Gasteiger partial charge in [0.1, 0.15) is 17.3 Å². The lowest BCUT2D eigenvalue weighted by Gasteiger charge is -2.25. The lowest BCUT2D eigenvalue weighted by molar-refractivity contribution is -0.140. The quantitative estimate of drug-likeness (QED) is 0.318. The largest absolute Gasteiger partial charge is 0.507 e. The van der Waals surface area contributed by atoms with E-state index in [1.165, 1.54) is 35.2 Å². The highest BCUT2D eigenvalue weighted by molar-refractivity contribution is 6.46. The number of aliphatic hydroxyl groups is 1. The number of aliphatic hydroxyl groups excluding tert-OH is 1. The Balaban J connectivity index is 1.84. The van der Waals surface area contributed by atoms with Gasteiger partial charge in [0, 0.05) is 24.5 Å². The first-order valence-corrected chi connectivity index (χ1v) is 10.6. The number of hydrogen-bond donors (Lipinski definition) is 1. The van der Waals surface area contributed by atoms with E-state index in [4.69, 9.17) is 16.3 Å². The van der Waals surface area contributed by atoms with Crippen LogP contribution in [0.5, 0.6) is 5.75 Å². The van der Waals surface area contributed by atoms with Gasteiger partial charge in [0.05, 0.1) is 23.2 Å². The van der Waals surface area contributed by atoms with Crippen molar-refractivity contribution in [3.05, 3.63) is 100 Å². The van der Waals surface area contributed by atoms with Crippen molar-refractivity contribution in [2.45, 2.75) is 19.5 Å². The lowest BCUT2D eigenvalue weighted by atomic mass is 9.95. The molecule has 0 spiro atoms. The highest BCUT2D eigenvalue weighted by Gasteiger charge is 2.46. The van der Waals surface area contributed by atoms with E-state index in [0.717, 1.165) is 0 Å². The summed E-state index contributed by atoms with van der Waals surface area (Å²) in [5.74, 6) is -2.01. The van der Waals surface area contributed by atoms with Crippen LogP contribution in [0.25, 0.3) is 5.76 Å². The monoisotopic (exact) mass is 466 g/mol. The van der Waals surface area contributed by atoms with Crippen LogP contribution in [-0.4, -0.2) is 33.3 Å². The number of Topliss-reactive ketones (excluding diaryl/α,β-unsaturated/α-hetero) is 1. The zero-order chi connectivity index (χ0) is 23.5. The number of nitrogens with zero attached hydrogens (tertiary/aromatic N) is 2. The minimum atomic E-state index is -0.920. The van der Waals surface area contributed by atoms with Crippen molar-refractivity contribution in [3.63, 3.8) is 0 Å². The van der Waals surface area contributed by atoms with Gasteiger partial charge in [-0.05, 0) is 54.4 Å². The molecular formula is C25H20ClFN2O4. The van der Waals surface area contributed by atoms with Gasteiger partial charge in [0.25, 0.3) is 11.7 Å². The molecule has 2 aromatic carbocycles. The molecule has 1 aromatic heterocycles. The Hall–Kier alpha value is -3.71. The van der Waals surface area contributed by atoms with Gasteiger partial charge in [-0.2, -0.15) is 0 Å². The third-order valence-corrected chi connectivity index (χ3v) is 5.60. The Kier molecular flexibility index (Phi) is 6.42. The molecule has 0 saturated carbocycles. The molecule has 1 fully saturated rings. The predicted octanol–water partition coefficient (Wildman–Crippen LogP) is 4.89. The molecule has 0 bridgehead atoms. The van der Waals surface area contributed by atoms with E-state index >= 15 is 0 Å². The summed E-state index contributed by atoms with van der Waals surface area (Å²) in [6.07, 6.45) is 3.19. The van der Waals surface area contributed by atoms with Crippen molar-refractivity contribution >= 4 is 29.1 Å². The number of hydrogen-bond acceptors (Lipinski definition) is 5. The number of pyridine rings is 1. The Morgan fingerprint density at radius 2 is 1.94 bits per heavy atom. The van der Waals surface area contributed by atoms with Crippen LogP contribution in [0.2, 0.25) is 5.02 Å². The van der Waals surface area contributed by atoms with Crippen LogP contribution in [0.3, 0.4) is 0 Å². The number of carbonyl (C=O) groups is 2. The molecule has 1 saturated heterocycles. The molecule has 0 aliphatic carbocycles. The highest BCUT2D eigenvalue weighted by atomic mass is 35.5. The number of ketones is 1. The second kappa shape index (κ2) is 9.42. The van der Waals surface area contributed by atoms with Crippen LogP contribution >= 0.6 is 11.6 Å². The summed E-state index contributed by atoms with van der Waals surface area (Å²) in [6.45, 7) is 2.31. The fourth-order valence-electron chi connectivity index (χ4n) is 3.80. The number of carbonyl (C=O) groups excluding carboxylic acids is 2. The first-order chi connectivity index (χ1) is 15.9. The van der Waals surface area contributed by atoms with E-state index in [1.807, 2.05) is 6.92 Å². The van der Waals surface area contributed by atoms with E-state index in [-0.39, 0.29) is 28.5 Å². The second-order valence-electron chi connectivity index (χ2n) is 7.42. The number of amides is 1. The Labute approximate surface area is 194 Å². The molecule has 1 atom stereocenters. The Morgan fingerprint density at radius 1 is 1.18 bits per heavy atom. The fraction of sp³-hybridized carbons (Fsp3) is 0.160. The van der Waals surface area contributed by atoms with E-state index < -0.39 is 23.5 Å². The summed E-state index contributed by atoms with van der Waals surface area (Å²) in [5.41, 5.74) is 1.35. The maximum Gasteiger partial charge on any atom is 0.295 e. The smallest absolute Gasteiger partial charge is 0.295 e. The fourth-order valence-corrected chi connectivity index (χ4v) is 4.03. The summed E-state index contributed by atoms with van der Waals surface area (Å²) < 4.78 is 19.0. The van der Waals surface area contributed by atoms with Gasteiger partial charge < -0.3 is 14.7 Å². The van der Waals surface area contributed by atoms with Crippen molar-refractivity contribution in [2.24, 2.45) is 0 Å². The molecular weight excluding hydrogens is 447 g/mol. The molecule has 1 N–H and O–H groups in total. The minimum absolute atomic E-state index is 0.0846. The van der Waals surface area contributed by atoms with Crippen molar-refractivity contribution < 1.29 is 23.8 Å². The Bertz CT molecular complexity index is 1230. The first-order valence-electron chi connectivity index (χ1n) is 10.3. The SMILES string of the molecule is CCOc1ccc(/C(O)=C2/C(=O)C(=O)N(Cc3cccnc3)C2c2ccc(F)cc2)cc1Cl. The normalized spacial score (nSPS) is 17.4. The van der Waals surface area contributed by atoms with Gasteiger partial charge in [-0.1, -0.05) is 29.8 Å². The highest BCUT2D eigenvalue weighted by Crippen LogP contribution is 2.41. The topological polar surface area (TPSA) is 79.7 Å². The molecule has 2 heterocycles. The van der Waals surface area contributed by atoms with Crippen LogP contribution < -0.4 is 4.74 Å².